The standard InChI is InChI=1S/C24H27NO5/c1-4-5-6-13-30-18-9-7-17(8-10-18)24(28)25-16(2)20(15-23(26)27)21-14-19(29-3)11-12-22(21)25/h7-12,14H,4-6,13,15H2,1-3H3,(H,26,27). The second-order valence-corrected chi connectivity index (χ2v) is 7.24. The van der Waals surface area contributed by atoms with Crippen molar-refractivity contribution in [2.24, 2.45) is 0 Å². The molecule has 0 aliphatic rings. The Morgan fingerprint density at radius 1 is 1.03 bits per heavy atom. The highest BCUT2D eigenvalue weighted by atomic mass is 16.5. The van der Waals surface area contributed by atoms with Crippen LogP contribution in [-0.4, -0.2) is 35.3 Å². The Kier molecular flexibility index (Phi) is 6.77. The number of aliphatic carboxylic acids is 1. The van der Waals surface area contributed by atoms with Gasteiger partial charge in [0.1, 0.15) is 11.5 Å². The number of carbonyl (C=O) groups is 2. The lowest BCUT2D eigenvalue weighted by Crippen LogP contribution is -2.14. The number of nitrogens with zero attached hydrogens (tertiary/aromatic N) is 1. The van der Waals surface area contributed by atoms with Crippen molar-refractivity contribution in [2.75, 3.05) is 13.7 Å². The molecule has 1 heterocycles. The number of fused-ring (bicyclic) bond motifs is 1. The van der Waals surface area contributed by atoms with Crippen LogP contribution >= 0.6 is 0 Å². The van der Waals surface area contributed by atoms with Crippen LogP contribution in [0.2, 0.25) is 0 Å². The van der Waals surface area contributed by atoms with Gasteiger partial charge in [-0.05, 0) is 61.4 Å². The van der Waals surface area contributed by atoms with E-state index in [2.05, 4.69) is 6.92 Å². The summed E-state index contributed by atoms with van der Waals surface area (Å²) in [7, 11) is 1.55. The van der Waals surface area contributed by atoms with Crippen LogP contribution < -0.4 is 9.47 Å². The number of unbranched alkanes of at least 4 members (excludes halogenated alkanes) is 2. The molecular weight excluding hydrogens is 382 g/mol. The van der Waals surface area contributed by atoms with Crippen molar-refractivity contribution in [3.8, 4) is 11.5 Å². The van der Waals surface area contributed by atoms with Crippen LogP contribution in [-0.2, 0) is 11.2 Å². The van der Waals surface area contributed by atoms with Gasteiger partial charge in [0.15, 0.2) is 0 Å². The molecule has 0 aliphatic heterocycles. The third-order valence-electron chi connectivity index (χ3n) is 5.19. The first-order valence-corrected chi connectivity index (χ1v) is 10.1. The largest absolute Gasteiger partial charge is 0.497 e. The van der Waals surface area contributed by atoms with Crippen molar-refractivity contribution in [3.63, 3.8) is 0 Å². The molecular formula is C24H27NO5. The van der Waals surface area contributed by atoms with E-state index >= 15 is 0 Å². The lowest BCUT2D eigenvalue weighted by molar-refractivity contribution is -0.136. The number of benzene rings is 2. The molecule has 0 unspecified atom stereocenters. The molecule has 3 rings (SSSR count). The molecule has 3 aromatic rings. The molecule has 0 saturated carbocycles. The Hall–Kier alpha value is -3.28. The van der Waals surface area contributed by atoms with Crippen molar-refractivity contribution >= 4 is 22.8 Å². The van der Waals surface area contributed by atoms with Gasteiger partial charge < -0.3 is 14.6 Å². The van der Waals surface area contributed by atoms with Gasteiger partial charge in [0.25, 0.3) is 5.91 Å². The average molecular weight is 409 g/mol. The summed E-state index contributed by atoms with van der Waals surface area (Å²) < 4.78 is 12.6. The minimum Gasteiger partial charge on any atom is -0.497 e. The van der Waals surface area contributed by atoms with Gasteiger partial charge in [-0.1, -0.05) is 19.8 Å². The Morgan fingerprint density at radius 3 is 2.37 bits per heavy atom. The topological polar surface area (TPSA) is 77.8 Å². The van der Waals surface area contributed by atoms with E-state index in [4.69, 9.17) is 9.47 Å². The Balaban J connectivity index is 1.94. The average Bonchev–Trinajstić information content (AvgIpc) is 3.01. The number of carbonyl (C=O) groups excluding carboxylic acids is 1. The number of hydrogen-bond donors (Lipinski definition) is 1. The summed E-state index contributed by atoms with van der Waals surface area (Å²) in [6.45, 7) is 4.57. The van der Waals surface area contributed by atoms with Crippen molar-refractivity contribution in [1.82, 2.24) is 4.57 Å². The van der Waals surface area contributed by atoms with E-state index in [0.717, 1.165) is 25.0 Å². The quantitative estimate of drug-likeness (QED) is 0.512. The Bertz CT molecular complexity index is 1050. The van der Waals surface area contributed by atoms with Gasteiger partial charge in [-0.15, -0.1) is 0 Å². The molecule has 6 heteroatoms. The Labute approximate surface area is 176 Å². The fraction of sp³-hybridized carbons (Fsp3) is 0.333. The van der Waals surface area contributed by atoms with Crippen LogP contribution in [0.4, 0.5) is 0 Å². The Morgan fingerprint density at radius 2 is 1.73 bits per heavy atom. The van der Waals surface area contributed by atoms with Gasteiger partial charge in [0.05, 0.1) is 25.7 Å². The van der Waals surface area contributed by atoms with Gasteiger partial charge in [-0.25, -0.2) is 0 Å². The predicted octanol–water partition coefficient (Wildman–Crippen LogP) is 4.84. The van der Waals surface area contributed by atoms with Crippen molar-refractivity contribution < 1.29 is 24.2 Å². The number of carboxylic acids is 1. The van der Waals surface area contributed by atoms with E-state index in [1.807, 2.05) is 0 Å². The second-order valence-electron chi connectivity index (χ2n) is 7.24. The first-order chi connectivity index (χ1) is 14.5. The predicted molar refractivity (Wildman–Crippen MR) is 116 cm³/mol. The monoisotopic (exact) mass is 409 g/mol. The maximum atomic E-state index is 13.3. The summed E-state index contributed by atoms with van der Waals surface area (Å²) in [5, 5.41) is 10.0. The maximum Gasteiger partial charge on any atom is 0.307 e. The van der Waals surface area contributed by atoms with Crippen LogP contribution in [0.3, 0.4) is 0 Å². The van der Waals surface area contributed by atoms with Gasteiger partial charge in [0.2, 0.25) is 0 Å². The molecule has 0 aliphatic carbocycles. The van der Waals surface area contributed by atoms with Crippen molar-refractivity contribution in [3.05, 3.63) is 59.3 Å². The molecule has 0 fully saturated rings. The highest BCUT2D eigenvalue weighted by Crippen LogP contribution is 2.31. The third-order valence-corrected chi connectivity index (χ3v) is 5.19. The molecule has 6 nitrogen and oxygen atoms in total. The molecule has 0 saturated heterocycles. The van der Waals surface area contributed by atoms with Gasteiger partial charge in [-0.3, -0.25) is 14.2 Å². The van der Waals surface area contributed by atoms with E-state index in [-0.39, 0.29) is 12.3 Å². The molecule has 0 radical (unpaired) electrons. The zero-order chi connectivity index (χ0) is 21.7. The molecule has 0 amide bonds. The van der Waals surface area contributed by atoms with Crippen LogP contribution in [0, 0.1) is 6.92 Å². The highest BCUT2D eigenvalue weighted by Gasteiger charge is 2.21. The molecule has 1 N–H and O–H groups in total. The number of carboxylic acid groups (broad SMARTS) is 1. The van der Waals surface area contributed by atoms with E-state index < -0.39 is 5.97 Å². The van der Waals surface area contributed by atoms with Gasteiger partial charge in [0, 0.05) is 16.6 Å². The summed E-state index contributed by atoms with van der Waals surface area (Å²) in [6, 6.07) is 12.4. The van der Waals surface area contributed by atoms with Crippen LogP contribution in [0.25, 0.3) is 10.9 Å². The fourth-order valence-electron chi connectivity index (χ4n) is 3.59. The maximum absolute atomic E-state index is 13.3. The first kappa shape index (κ1) is 21.4. The molecule has 1 aromatic heterocycles. The third kappa shape index (κ3) is 4.48. The zero-order valence-corrected chi connectivity index (χ0v) is 17.6. The zero-order valence-electron chi connectivity index (χ0n) is 17.6. The van der Waals surface area contributed by atoms with E-state index in [1.165, 1.54) is 0 Å². The summed E-state index contributed by atoms with van der Waals surface area (Å²) in [6.07, 6.45) is 3.10. The highest BCUT2D eigenvalue weighted by molar-refractivity contribution is 6.05. The molecule has 0 spiro atoms. The van der Waals surface area contributed by atoms with Crippen LogP contribution in [0.5, 0.6) is 11.5 Å². The number of ether oxygens (including phenoxy) is 2. The summed E-state index contributed by atoms with van der Waals surface area (Å²) in [5.41, 5.74) is 2.40. The molecule has 0 atom stereocenters. The van der Waals surface area contributed by atoms with Crippen LogP contribution in [0.1, 0.15) is 47.8 Å². The van der Waals surface area contributed by atoms with Crippen molar-refractivity contribution in [1.29, 1.82) is 0 Å². The summed E-state index contributed by atoms with van der Waals surface area (Å²) >= 11 is 0. The SMILES string of the molecule is CCCCCOc1ccc(C(=O)n2c(C)c(CC(=O)O)c3cc(OC)ccc32)cc1. The lowest BCUT2D eigenvalue weighted by Gasteiger charge is -2.09. The summed E-state index contributed by atoms with van der Waals surface area (Å²) in [4.78, 5) is 24.7. The number of methoxy groups -OCH3 is 1. The van der Waals surface area contributed by atoms with Crippen molar-refractivity contribution in [2.45, 2.75) is 39.5 Å². The number of rotatable bonds is 9. The lowest BCUT2D eigenvalue weighted by atomic mass is 10.1. The number of aromatic nitrogens is 1. The molecule has 0 bridgehead atoms. The smallest absolute Gasteiger partial charge is 0.307 e. The van der Waals surface area contributed by atoms with E-state index in [9.17, 15) is 14.7 Å². The van der Waals surface area contributed by atoms with Crippen LogP contribution in [0.15, 0.2) is 42.5 Å². The molecule has 2 aromatic carbocycles. The number of hydrogen-bond acceptors (Lipinski definition) is 4. The van der Waals surface area contributed by atoms with Gasteiger partial charge in [-0.2, -0.15) is 0 Å². The first-order valence-electron chi connectivity index (χ1n) is 10.1. The minimum atomic E-state index is -0.947. The molecule has 30 heavy (non-hydrogen) atoms. The van der Waals surface area contributed by atoms with E-state index in [0.29, 0.717) is 40.1 Å². The molecule has 158 valence electrons. The second kappa shape index (κ2) is 9.48. The fourth-order valence-corrected chi connectivity index (χ4v) is 3.59. The minimum absolute atomic E-state index is 0.166. The van der Waals surface area contributed by atoms with E-state index in [1.54, 1.807) is 61.1 Å². The van der Waals surface area contributed by atoms with Gasteiger partial charge >= 0.3 is 5.97 Å². The normalized spacial score (nSPS) is 10.9. The summed E-state index contributed by atoms with van der Waals surface area (Å²) in [5.74, 6) is 0.185.